The Hall–Kier alpha value is -1.08. The van der Waals surface area contributed by atoms with Gasteiger partial charge in [-0.2, -0.15) is 18.3 Å². The topological polar surface area (TPSA) is 33.1 Å². The van der Waals surface area contributed by atoms with Crippen molar-refractivity contribution < 1.29 is 13.2 Å². The monoisotopic (exact) mass is 344 g/mol. The quantitative estimate of drug-likeness (QED) is 0.889. The van der Waals surface area contributed by atoms with E-state index in [0.29, 0.717) is 18.1 Å². The van der Waals surface area contributed by atoms with Crippen LogP contribution >= 0.6 is 0 Å². The summed E-state index contributed by atoms with van der Waals surface area (Å²) in [5.41, 5.74) is 0. The highest BCUT2D eigenvalue weighted by Gasteiger charge is 2.31. The van der Waals surface area contributed by atoms with Crippen molar-refractivity contribution in [2.75, 3.05) is 19.6 Å². The van der Waals surface area contributed by atoms with Crippen LogP contribution in [0.2, 0.25) is 0 Å². The van der Waals surface area contributed by atoms with Crippen LogP contribution in [0.15, 0.2) is 18.5 Å². The van der Waals surface area contributed by atoms with E-state index in [4.69, 9.17) is 0 Å². The Morgan fingerprint density at radius 3 is 2.50 bits per heavy atom. The molecule has 1 saturated carbocycles. The Labute approximate surface area is 141 Å². The minimum Gasteiger partial charge on any atom is -0.309 e. The fourth-order valence-electron chi connectivity index (χ4n) is 4.01. The Morgan fingerprint density at radius 1 is 1.08 bits per heavy atom. The highest BCUT2D eigenvalue weighted by atomic mass is 19.4. The van der Waals surface area contributed by atoms with Crippen molar-refractivity contribution >= 4 is 0 Å². The fraction of sp³-hybridized carbons (Fsp3) is 0.824. The lowest BCUT2D eigenvalue weighted by molar-refractivity contribution is -0.138. The summed E-state index contributed by atoms with van der Waals surface area (Å²) in [6, 6.07) is 3.20. The molecule has 0 amide bonds. The van der Waals surface area contributed by atoms with Crippen LogP contribution in [0, 0.1) is 0 Å². The molecule has 24 heavy (non-hydrogen) atoms. The first kappa shape index (κ1) is 17.7. The Morgan fingerprint density at radius 2 is 1.83 bits per heavy atom. The van der Waals surface area contributed by atoms with E-state index in [0.717, 1.165) is 38.8 Å². The minimum atomic E-state index is -4.05. The minimum absolute atomic E-state index is 0.134. The summed E-state index contributed by atoms with van der Waals surface area (Å²) in [5, 5.41) is 8.18. The summed E-state index contributed by atoms with van der Waals surface area (Å²) in [4.78, 5) is 1.94. The number of hydrogen-bond donors (Lipinski definition) is 1. The maximum atomic E-state index is 12.3. The molecule has 0 bridgehead atoms. The van der Waals surface area contributed by atoms with Gasteiger partial charge in [0, 0.05) is 31.0 Å². The van der Waals surface area contributed by atoms with Gasteiger partial charge in [-0.15, -0.1) is 0 Å². The Bertz CT molecular complexity index is 481. The van der Waals surface area contributed by atoms with Gasteiger partial charge < -0.3 is 10.2 Å². The second-order valence-electron chi connectivity index (χ2n) is 7.09. The van der Waals surface area contributed by atoms with Crippen LogP contribution in [0.5, 0.6) is 0 Å². The molecule has 0 unspecified atom stereocenters. The van der Waals surface area contributed by atoms with Crippen molar-refractivity contribution in [3.63, 3.8) is 0 Å². The molecule has 1 aromatic heterocycles. The largest absolute Gasteiger partial charge is 0.390 e. The van der Waals surface area contributed by atoms with Gasteiger partial charge in [0.25, 0.3) is 0 Å². The average molecular weight is 344 g/mol. The smallest absolute Gasteiger partial charge is 0.309 e. The van der Waals surface area contributed by atoms with Gasteiger partial charge >= 0.3 is 6.18 Å². The van der Waals surface area contributed by atoms with Gasteiger partial charge in [-0.25, -0.2) is 0 Å². The van der Waals surface area contributed by atoms with Crippen LogP contribution in [-0.4, -0.2) is 52.6 Å². The van der Waals surface area contributed by atoms with Crippen LogP contribution in [-0.2, 0) is 0 Å². The summed E-state index contributed by atoms with van der Waals surface area (Å²) < 4.78 is 39.0. The number of nitrogens with one attached hydrogen (secondary N) is 1. The van der Waals surface area contributed by atoms with Gasteiger partial charge in [0.2, 0.25) is 0 Å². The maximum Gasteiger partial charge on any atom is 0.390 e. The molecule has 2 heterocycles. The van der Waals surface area contributed by atoms with Crippen LogP contribution in [0.25, 0.3) is 0 Å². The van der Waals surface area contributed by atoms with Crippen molar-refractivity contribution in [2.24, 2.45) is 0 Å². The van der Waals surface area contributed by atoms with E-state index in [-0.39, 0.29) is 6.54 Å². The van der Waals surface area contributed by atoms with Gasteiger partial charge in [0.1, 0.15) is 0 Å². The summed E-state index contributed by atoms with van der Waals surface area (Å²) >= 11 is 0. The molecule has 1 aliphatic carbocycles. The number of likely N-dealkylation sites (tertiary alicyclic amines) is 1. The van der Waals surface area contributed by atoms with Crippen LogP contribution in [0.1, 0.15) is 51.0 Å². The molecule has 1 aliphatic heterocycles. The van der Waals surface area contributed by atoms with Crippen molar-refractivity contribution in [3.05, 3.63) is 18.5 Å². The summed E-state index contributed by atoms with van der Waals surface area (Å²) in [5.74, 6) is 0. The second kappa shape index (κ2) is 7.87. The van der Waals surface area contributed by atoms with Crippen molar-refractivity contribution in [3.8, 4) is 0 Å². The molecule has 0 aromatic carbocycles. The molecule has 4 nitrogen and oxygen atoms in total. The molecule has 2 aliphatic rings. The van der Waals surface area contributed by atoms with E-state index in [2.05, 4.69) is 15.1 Å². The Kier molecular flexibility index (Phi) is 5.81. The van der Waals surface area contributed by atoms with Crippen molar-refractivity contribution in [1.29, 1.82) is 0 Å². The van der Waals surface area contributed by atoms with E-state index < -0.39 is 12.6 Å². The van der Waals surface area contributed by atoms with Gasteiger partial charge in [0.05, 0.1) is 12.5 Å². The van der Waals surface area contributed by atoms with Crippen molar-refractivity contribution in [1.82, 2.24) is 20.0 Å². The number of halogens is 3. The highest BCUT2D eigenvalue weighted by Crippen LogP contribution is 2.29. The van der Waals surface area contributed by atoms with Gasteiger partial charge in [-0.3, -0.25) is 4.68 Å². The lowest BCUT2D eigenvalue weighted by atomic mass is 9.89. The molecule has 3 rings (SSSR count). The summed E-state index contributed by atoms with van der Waals surface area (Å²) in [6.07, 6.45) is 5.74. The van der Waals surface area contributed by atoms with Crippen LogP contribution < -0.4 is 5.32 Å². The molecule has 2 atom stereocenters. The highest BCUT2D eigenvalue weighted by molar-refractivity contribution is 4.92. The van der Waals surface area contributed by atoms with Crippen LogP contribution in [0.3, 0.4) is 0 Å². The van der Waals surface area contributed by atoms with E-state index >= 15 is 0 Å². The zero-order valence-corrected chi connectivity index (χ0v) is 14.0. The molecule has 1 N–H and O–H groups in total. The molecule has 1 saturated heterocycles. The maximum absolute atomic E-state index is 12.3. The molecular formula is C17H27F3N4. The van der Waals surface area contributed by atoms with Gasteiger partial charge in [-0.05, 0) is 44.8 Å². The standard InChI is InChI=1S/C17H27F3N4/c18-17(19,20)8-13-23-11-6-14(7-12-23)22-15-4-1-2-5-16(15)24-10-3-9-21-24/h3,9-10,14-16,22H,1-2,4-8,11-13H2/t15-,16+/m0/s1. The predicted octanol–water partition coefficient (Wildman–Crippen LogP) is 3.37. The number of piperidine rings is 1. The normalized spacial score (nSPS) is 27.5. The van der Waals surface area contributed by atoms with E-state index in [1.165, 1.54) is 12.8 Å². The number of alkyl halides is 3. The average Bonchev–Trinajstić information content (AvgIpc) is 3.08. The molecular weight excluding hydrogens is 317 g/mol. The fourth-order valence-corrected chi connectivity index (χ4v) is 4.01. The Balaban J connectivity index is 1.46. The third-order valence-corrected chi connectivity index (χ3v) is 5.34. The lowest BCUT2D eigenvalue weighted by Crippen LogP contribution is -2.50. The lowest BCUT2D eigenvalue weighted by Gasteiger charge is -2.38. The van der Waals surface area contributed by atoms with Crippen molar-refractivity contribution in [2.45, 2.75) is 69.2 Å². The molecule has 0 spiro atoms. The molecule has 136 valence electrons. The summed E-state index contributed by atoms with van der Waals surface area (Å²) in [7, 11) is 0. The number of nitrogens with zero attached hydrogens (tertiary/aromatic N) is 3. The number of hydrogen-bond acceptors (Lipinski definition) is 3. The first-order valence-corrected chi connectivity index (χ1v) is 9.05. The number of aromatic nitrogens is 2. The first-order chi connectivity index (χ1) is 11.5. The van der Waals surface area contributed by atoms with E-state index in [1.807, 2.05) is 23.4 Å². The van der Waals surface area contributed by atoms with Crippen LogP contribution in [0.4, 0.5) is 13.2 Å². The number of rotatable bonds is 5. The zero-order valence-electron chi connectivity index (χ0n) is 14.0. The zero-order chi connectivity index (χ0) is 17.0. The summed E-state index contributed by atoms with van der Waals surface area (Å²) in [6.45, 7) is 1.65. The van der Waals surface area contributed by atoms with Gasteiger partial charge in [-0.1, -0.05) is 12.8 Å². The second-order valence-corrected chi connectivity index (χ2v) is 7.09. The van der Waals surface area contributed by atoms with E-state index in [1.54, 1.807) is 0 Å². The third kappa shape index (κ3) is 4.96. The first-order valence-electron chi connectivity index (χ1n) is 9.05. The van der Waals surface area contributed by atoms with E-state index in [9.17, 15) is 13.2 Å². The molecule has 7 heteroatoms. The molecule has 1 aromatic rings. The predicted molar refractivity (Wildman–Crippen MR) is 86.8 cm³/mol. The van der Waals surface area contributed by atoms with Gasteiger partial charge in [0.15, 0.2) is 0 Å². The SMILES string of the molecule is FC(F)(F)CCN1CCC(N[C@H]2CCCC[C@H]2n2cccn2)CC1. The molecule has 0 radical (unpaired) electrons. The third-order valence-electron chi connectivity index (χ3n) is 5.34. The molecule has 2 fully saturated rings.